The number of benzene rings is 1. The van der Waals surface area contributed by atoms with Gasteiger partial charge in [0.15, 0.2) is 0 Å². The molecule has 0 radical (unpaired) electrons. The number of aliphatic hydroxyl groups excluding tert-OH is 1. The minimum atomic E-state index is -0.473. The molecule has 0 aliphatic carbocycles. The van der Waals surface area contributed by atoms with Gasteiger partial charge in [0.25, 0.3) is 0 Å². The highest BCUT2D eigenvalue weighted by Gasteiger charge is 2.09. The van der Waals surface area contributed by atoms with Crippen molar-refractivity contribution < 1.29 is 9.84 Å². The Hall–Kier alpha value is -1.02. The summed E-state index contributed by atoms with van der Waals surface area (Å²) in [5.74, 6) is 0.830. The summed E-state index contributed by atoms with van der Waals surface area (Å²) in [5, 5.41) is 9.77. The van der Waals surface area contributed by atoms with Crippen LogP contribution in [0.4, 0.5) is 0 Å². The van der Waals surface area contributed by atoms with Crippen molar-refractivity contribution in [2.24, 2.45) is 0 Å². The van der Waals surface area contributed by atoms with Gasteiger partial charge in [-0.25, -0.2) is 0 Å². The number of hydrogen-bond acceptors (Lipinski definition) is 2. The molecule has 2 nitrogen and oxygen atoms in total. The standard InChI is InChI=1S/C18H30O2/c1-4-5-6-7-8-9-10-13-20-18-12-11-15(2)14-17(18)16(3)19/h11-12,14,16,19H,4-10,13H2,1-3H3/t16-/m1/s1. The highest BCUT2D eigenvalue weighted by Crippen LogP contribution is 2.26. The van der Waals surface area contributed by atoms with Gasteiger partial charge in [0.2, 0.25) is 0 Å². The van der Waals surface area contributed by atoms with Gasteiger partial charge in [0, 0.05) is 5.56 Å². The highest BCUT2D eigenvalue weighted by molar-refractivity contribution is 5.38. The summed E-state index contributed by atoms with van der Waals surface area (Å²) in [6, 6.07) is 6.01. The zero-order chi connectivity index (χ0) is 14.8. The van der Waals surface area contributed by atoms with Gasteiger partial charge in [-0.15, -0.1) is 0 Å². The molecule has 1 rings (SSSR count). The summed E-state index contributed by atoms with van der Waals surface area (Å²) in [4.78, 5) is 0. The first-order valence-corrected chi connectivity index (χ1v) is 8.06. The van der Waals surface area contributed by atoms with Crippen molar-refractivity contribution in [1.29, 1.82) is 0 Å². The maximum Gasteiger partial charge on any atom is 0.125 e. The van der Waals surface area contributed by atoms with Crippen LogP contribution in [-0.4, -0.2) is 11.7 Å². The van der Waals surface area contributed by atoms with Crippen LogP contribution in [0.3, 0.4) is 0 Å². The van der Waals surface area contributed by atoms with Crippen LogP contribution >= 0.6 is 0 Å². The monoisotopic (exact) mass is 278 g/mol. The number of rotatable bonds is 10. The minimum Gasteiger partial charge on any atom is -0.493 e. The molecule has 1 aromatic carbocycles. The largest absolute Gasteiger partial charge is 0.493 e. The molecular formula is C18H30O2. The Kier molecular flexibility index (Phi) is 8.36. The molecule has 0 saturated heterocycles. The Labute approximate surface area is 124 Å². The fourth-order valence-corrected chi connectivity index (χ4v) is 2.37. The third-order valence-electron chi connectivity index (χ3n) is 3.62. The number of ether oxygens (including phenoxy) is 1. The molecule has 1 aromatic rings. The van der Waals surface area contributed by atoms with Gasteiger partial charge in [-0.1, -0.05) is 57.1 Å². The Morgan fingerprint density at radius 3 is 2.35 bits per heavy atom. The van der Waals surface area contributed by atoms with Crippen LogP contribution in [0.15, 0.2) is 18.2 Å². The minimum absolute atomic E-state index is 0.473. The second kappa shape index (κ2) is 9.82. The van der Waals surface area contributed by atoms with E-state index in [-0.39, 0.29) is 0 Å². The Morgan fingerprint density at radius 1 is 1.05 bits per heavy atom. The van der Waals surface area contributed by atoms with Gasteiger partial charge in [0.05, 0.1) is 12.7 Å². The number of aliphatic hydroxyl groups is 1. The van der Waals surface area contributed by atoms with Crippen molar-refractivity contribution in [3.8, 4) is 5.75 Å². The molecule has 0 spiro atoms. The lowest BCUT2D eigenvalue weighted by atomic mass is 10.1. The Morgan fingerprint density at radius 2 is 1.70 bits per heavy atom. The van der Waals surface area contributed by atoms with Gasteiger partial charge in [0.1, 0.15) is 5.75 Å². The number of hydrogen-bond donors (Lipinski definition) is 1. The molecule has 1 atom stereocenters. The number of unbranched alkanes of at least 4 members (excludes halogenated alkanes) is 6. The lowest BCUT2D eigenvalue weighted by Crippen LogP contribution is -2.02. The molecule has 20 heavy (non-hydrogen) atoms. The first kappa shape index (κ1) is 17.0. The molecule has 114 valence electrons. The Balaban J connectivity index is 2.25. The zero-order valence-corrected chi connectivity index (χ0v) is 13.3. The Bertz CT molecular complexity index is 372. The van der Waals surface area contributed by atoms with Crippen LogP contribution in [0.25, 0.3) is 0 Å². The van der Waals surface area contributed by atoms with Crippen LogP contribution < -0.4 is 4.74 Å². The smallest absolute Gasteiger partial charge is 0.125 e. The average molecular weight is 278 g/mol. The van der Waals surface area contributed by atoms with Gasteiger partial charge in [-0.2, -0.15) is 0 Å². The van der Waals surface area contributed by atoms with Crippen LogP contribution in [0.5, 0.6) is 5.75 Å². The fraction of sp³-hybridized carbons (Fsp3) is 0.667. The van der Waals surface area contributed by atoms with E-state index in [4.69, 9.17) is 4.74 Å². The normalized spacial score (nSPS) is 12.4. The van der Waals surface area contributed by atoms with E-state index in [0.717, 1.165) is 29.9 Å². The highest BCUT2D eigenvalue weighted by atomic mass is 16.5. The maximum atomic E-state index is 9.77. The SMILES string of the molecule is CCCCCCCCCOc1ccc(C)cc1[C@@H](C)O. The van der Waals surface area contributed by atoms with E-state index in [9.17, 15) is 5.11 Å². The van der Waals surface area contributed by atoms with Crippen molar-refractivity contribution in [1.82, 2.24) is 0 Å². The predicted octanol–water partition coefficient (Wildman–Crippen LogP) is 5.18. The average Bonchev–Trinajstić information content (AvgIpc) is 2.43. The first-order chi connectivity index (χ1) is 9.65. The van der Waals surface area contributed by atoms with Gasteiger partial charge in [-0.05, 0) is 32.4 Å². The van der Waals surface area contributed by atoms with Crippen LogP contribution in [0, 0.1) is 6.92 Å². The predicted molar refractivity (Wildman–Crippen MR) is 85.3 cm³/mol. The van der Waals surface area contributed by atoms with Crippen LogP contribution in [0.2, 0.25) is 0 Å². The molecule has 0 aliphatic heterocycles. The van der Waals surface area contributed by atoms with E-state index in [1.165, 1.54) is 38.5 Å². The molecule has 0 unspecified atom stereocenters. The number of aryl methyl sites for hydroxylation is 1. The van der Waals surface area contributed by atoms with Gasteiger partial charge < -0.3 is 9.84 Å². The van der Waals surface area contributed by atoms with Crippen molar-refractivity contribution in [3.63, 3.8) is 0 Å². The van der Waals surface area contributed by atoms with Crippen molar-refractivity contribution in [3.05, 3.63) is 29.3 Å². The van der Waals surface area contributed by atoms with Crippen LogP contribution in [0.1, 0.15) is 76.0 Å². The first-order valence-electron chi connectivity index (χ1n) is 8.06. The van der Waals surface area contributed by atoms with Gasteiger partial charge in [-0.3, -0.25) is 0 Å². The molecule has 0 fully saturated rings. The molecular weight excluding hydrogens is 248 g/mol. The summed E-state index contributed by atoms with van der Waals surface area (Å²) < 4.78 is 5.82. The van der Waals surface area contributed by atoms with Gasteiger partial charge >= 0.3 is 0 Å². The summed E-state index contributed by atoms with van der Waals surface area (Å²) in [7, 11) is 0. The molecule has 0 aromatic heterocycles. The van der Waals surface area contributed by atoms with Crippen molar-refractivity contribution in [2.45, 2.75) is 71.8 Å². The summed E-state index contributed by atoms with van der Waals surface area (Å²) >= 11 is 0. The van der Waals surface area contributed by atoms with E-state index >= 15 is 0 Å². The van der Waals surface area contributed by atoms with E-state index in [1.54, 1.807) is 6.92 Å². The zero-order valence-electron chi connectivity index (χ0n) is 13.3. The molecule has 0 amide bonds. The molecule has 0 heterocycles. The summed E-state index contributed by atoms with van der Waals surface area (Å²) in [5.41, 5.74) is 2.05. The van der Waals surface area contributed by atoms with Crippen molar-refractivity contribution in [2.75, 3.05) is 6.61 Å². The van der Waals surface area contributed by atoms with E-state index in [0.29, 0.717) is 0 Å². The maximum absolute atomic E-state index is 9.77. The van der Waals surface area contributed by atoms with Crippen LogP contribution in [-0.2, 0) is 0 Å². The molecule has 2 heteroatoms. The second-order valence-electron chi connectivity index (χ2n) is 5.69. The lowest BCUT2D eigenvalue weighted by molar-refractivity contribution is 0.190. The third-order valence-corrected chi connectivity index (χ3v) is 3.62. The lowest BCUT2D eigenvalue weighted by Gasteiger charge is -2.14. The summed E-state index contributed by atoms with van der Waals surface area (Å²) in [6.07, 6.45) is 8.54. The topological polar surface area (TPSA) is 29.5 Å². The molecule has 0 bridgehead atoms. The van der Waals surface area contributed by atoms with E-state index < -0.39 is 6.10 Å². The van der Waals surface area contributed by atoms with E-state index in [1.807, 2.05) is 25.1 Å². The molecule has 1 N–H and O–H groups in total. The fourth-order valence-electron chi connectivity index (χ4n) is 2.37. The molecule has 0 aliphatic rings. The third kappa shape index (κ3) is 6.42. The molecule has 0 saturated carbocycles. The van der Waals surface area contributed by atoms with E-state index in [2.05, 4.69) is 6.92 Å². The second-order valence-corrected chi connectivity index (χ2v) is 5.69. The summed E-state index contributed by atoms with van der Waals surface area (Å²) in [6.45, 7) is 6.81. The quantitative estimate of drug-likeness (QED) is 0.598. The van der Waals surface area contributed by atoms with Crippen molar-refractivity contribution >= 4 is 0 Å².